The van der Waals surface area contributed by atoms with Crippen LogP contribution in [0.1, 0.15) is 67.1 Å². The van der Waals surface area contributed by atoms with Crippen molar-refractivity contribution in [3.63, 3.8) is 0 Å². The molecule has 0 bridgehead atoms. The number of hydrogen-bond acceptors (Lipinski definition) is 10. The van der Waals surface area contributed by atoms with E-state index in [2.05, 4.69) is 5.32 Å². The highest BCUT2D eigenvalue weighted by atomic mass is 16.8. The topological polar surface area (TPSA) is 120 Å². The fourth-order valence-electron chi connectivity index (χ4n) is 5.67. The predicted octanol–water partition coefficient (Wildman–Crippen LogP) is 3.25. The number of carbonyl (C=O) groups is 2. The molecule has 41 heavy (non-hydrogen) atoms. The molecule has 0 saturated carbocycles. The van der Waals surface area contributed by atoms with Crippen LogP contribution in [0.15, 0.2) is 30.3 Å². The number of fused-ring (bicyclic) bond motifs is 1. The molecule has 1 aromatic rings. The SMILES string of the molecule is CC(=O)NC1[C@H](OC(C)C)OC2OCC(c3ccccc3)O[C@@H]2[C@@H]1O[C@@H]1OC(C)[C@@H](OC(C)C)[C@H](C)C1OC(C)=O. The third kappa shape index (κ3) is 7.84. The number of rotatable bonds is 9. The second-order valence-electron chi connectivity index (χ2n) is 11.5. The molecule has 0 aliphatic carbocycles. The Balaban J connectivity index is 1.68. The van der Waals surface area contributed by atoms with Crippen molar-refractivity contribution >= 4 is 11.9 Å². The second kappa shape index (κ2) is 13.9. The maximum Gasteiger partial charge on any atom is 0.303 e. The summed E-state index contributed by atoms with van der Waals surface area (Å²) in [5.41, 5.74) is 0.934. The standard InChI is InChI=1S/C30H45NO10/c1-15(2)35-24-17(5)25(38-20(8)33)30(37-18(24)6)40-26-23(31-19(7)32)28(36-16(3)4)41-29-27(26)39-22(14-34-29)21-12-10-9-11-13-21/h9-13,15-18,22-30H,14H2,1-8H3,(H,31,32)/t17-,18?,22?,23?,24-,25?,26+,27+,28+,29?,30-/m0/s1. The van der Waals surface area contributed by atoms with E-state index in [4.69, 9.17) is 37.9 Å². The first-order chi connectivity index (χ1) is 19.4. The van der Waals surface area contributed by atoms with Crippen molar-refractivity contribution in [3.8, 4) is 0 Å². The predicted molar refractivity (Wildman–Crippen MR) is 146 cm³/mol. The van der Waals surface area contributed by atoms with E-state index in [9.17, 15) is 9.59 Å². The van der Waals surface area contributed by atoms with Gasteiger partial charge in [-0.2, -0.15) is 0 Å². The zero-order chi connectivity index (χ0) is 29.8. The minimum atomic E-state index is -0.990. The molecule has 1 amide bonds. The number of carbonyl (C=O) groups excluding carboxylic acids is 2. The van der Waals surface area contributed by atoms with Gasteiger partial charge in [0.05, 0.1) is 31.0 Å². The molecule has 3 saturated heterocycles. The number of hydrogen-bond donors (Lipinski definition) is 1. The minimum Gasteiger partial charge on any atom is -0.457 e. The Hall–Kier alpha value is -2.12. The first kappa shape index (κ1) is 31.8. The molecular weight excluding hydrogens is 534 g/mol. The van der Waals surface area contributed by atoms with Crippen LogP contribution in [0.2, 0.25) is 0 Å². The van der Waals surface area contributed by atoms with Crippen LogP contribution in [0, 0.1) is 5.92 Å². The quantitative estimate of drug-likeness (QED) is 0.437. The molecule has 0 radical (unpaired) electrons. The van der Waals surface area contributed by atoms with Gasteiger partial charge in [-0.15, -0.1) is 0 Å². The molecule has 3 heterocycles. The van der Waals surface area contributed by atoms with E-state index in [1.165, 1.54) is 13.8 Å². The van der Waals surface area contributed by atoms with E-state index >= 15 is 0 Å². The second-order valence-corrected chi connectivity index (χ2v) is 11.5. The van der Waals surface area contributed by atoms with Gasteiger partial charge in [0.25, 0.3) is 0 Å². The van der Waals surface area contributed by atoms with Gasteiger partial charge in [-0.25, -0.2) is 0 Å². The molecule has 0 spiro atoms. The summed E-state index contributed by atoms with van der Waals surface area (Å²) in [5.74, 6) is -1.02. The maximum atomic E-state index is 12.4. The molecule has 0 aromatic heterocycles. The first-order valence-electron chi connectivity index (χ1n) is 14.5. The van der Waals surface area contributed by atoms with Gasteiger partial charge in [0.15, 0.2) is 25.0 Å². The van der Waals surface area contributed by atoms with Crippen molar-refractivity contribution in [2.45, 2.75) is 129 Å². The summed E-state index contributed by atoms with van der Waals surface area (Å²) in [7, 11) is 0. The zero-order valence-corrected chi connectivity index (χ0v) is 25.2. The maximum absolute atomic E-state index is 12.4. The Morgan fingerprint density at radius 1 is 0.878 bits per heavy atom. The van der Waals surface area contributed by atoms with Crippen LogP contribution in [-0.4, -0.2) is 86.1 Å². The minimum absolute atomic E-state index is 0.0546. The summed E-state index contributed by atoms with van der Waals surface area (Å²) in [5, 5.41) is 2.94. The number of benzene rings is 1. The summed E-state index contributed by atoms with van der Waals surface area (Å²) >= 11 is 0. The Labute approximate surface area is 242 Å². The molecule has 3 fully saturated rings. The van der Waals surface area contributed by atoms with Gasteiger partial charge in [-0.1, -0.05) is 37.3 Å². The lowest BCUT2D eigenvalue weighted by molar-refractivity contribution is -0.395. The highest BCUT2D eigenvalue weighted by molar-refractivity contribution is 5.73. The van der Waals surface area contributed by atoms with Gasteiger partial charge in [0.1, 0.15) is 24.4 Å². The van der Waals surface area contributed by atoms with Crippen LogP contribution in [0.4, 0.5) is 0 Å². The van der Waals surface area contributed by atoms with Gasteiger partial charge in [-0.05, 0) is 40.2 Å². The molecule has 11 heteroatoms. The largest absolute Gasteiger partial charge is 0.457 e. The van der Waals surface area contributed by atoms with Gasteiger partial charge >= 0.3 is 5.97 Å². The number of esters is 1. The van der Waals surface area contributed by atoms with Crippen molar-refractivity contribution in [3.05, 3.63) is 35.9 Å². The van der Waals surface area contributed by atoms with Crippen LogP contribution in [0.3, 0.4) is 0 Å². The van der Waals surface area contributed by atoms with Crippen molar-refractivity contribution in [1.29, 1.82) is 0 Å². The van der Waals surface area contributed by atoms with Crippen molar-refractivity contribution < 1.29 is 47.5 Å². The Morgan fingerprint density at radius 3 is 2.17 bits per heavy atom. The van der Waals surface area contributed by atoms with Gasteiger partial charge < -0.3 is 43.2 Å². The fraction of sp³-hybridized carbons (Fsp3) is 0.733. The molecule has 1 N–H and O–H groups in total. The molecule has 11 nitrogen and oxygen atoms in total. The molecule has 3 aliphatic heterocycles. The Morgan fingerprint density at radius 2 is 1.56 bits per heavy atom. The van der Waals surface area contributed by atoms with E-state index in [-0.39, 0.29) is 42.8 Å². The Bertz CT molecular complexity index is 1010. The van der Waals surface area contributed by atoms with E-state index < -0.39 is 55.3 Å². The van der Waals surface area contributed by atoms with Crippen molar-refractivity contribution in [1.82, 2.24) is 5.32 Å². The monoisotopic (exact) mass is 579 g/mol. The smallest absolute Gasteiger partial charge is 0.303 e. The van der Waals surface area contributed by atoms with Gasteiger partial charge in [-0.3, -0.25) is 9.59 Å². The summed E-state index contributed by atoms with van der Waals surface area (Å²) in [6.07, 6.45) is -6.50. The van der Waals surface area contributed by atoms with Gasteiger partial charge in [0.2, 0.25) is 5.91 Å². The fourth-order valence-corrected chi connectivity index (χ4v) is 5.67. The van der Waals surface area contributed by atoms with E-state index in [1.807, 2.05) is 71.9 Å². The van der Waals surface area contributed by atoms with Crippen LogP contribution >= 0.6 is 0 Å². The van der Waals surface area contributed by atoms with Gasteiger partial charge in [0, 0.05) is 19.8 Å². The molecule has 1 aromatic carbocycles. The third-order valence-electron chi connectivity index (χ3n) is 7.33. The number of ether oxygens (including phenoxy) is 8. The molecule has 11 atom stereocenters. The lowest BCUT2D eigenvalue weighted by Crippen LogP contribution is -2.69. The third-order valence-corrected chi connectivity index (χ3v) is 7.33. The zero-order valence-electron chi connectivity index (χ0n) is 25.2. The normalized spacial score (nSPS) is 37.5. The number of nitrogens with one attached hydrogen (secondary N) is 1. The average molecular weight is 580 g/mol. The lowest BCUT2D eigenvalue weighted by atomic mass is 9.90. The van der Waals surface area contributed by atoms with Crippen LogP contribution in [0.5, 0.6) is 0 Å². The molecule has 5 unspecified atom stereocenters. The highest BCUT2D eigenvalue weighted by Crippen LogP contribution is 2.39. The summed E-state index contributed by atoms with van der Waals surface area (Å²) in [6.45, 7) is 14.5. The van der Waals surface area contributed by atoms with Crippen LogP contribution in [0.25, 0.3) is 0 Å². The number of amides is 1. The molecule has 3 aliphatic rings. The van der Waals surface area contributed by atoms with Crippen LogP contribution in [-0.2, 0) is 47.5 Å². The summed E-state index contributed by atoms with van der Waals surface area (Å²) in [4.78, 5) is 24.6. The van der Waals surface area contributed by atoms with Crippen LogP contribution < -0.4 is 5.32 Å². The first-order valence-corrected chi connectivity index (χ1v) is 14.5. The summed E-state index contributed by atoms with van der Waals surface area (Å²) in [6, 6.07) is 8.93. The summed E-state index contributed by atoms with van der Waals surface area (Å²) < 4.78 is 49.9. The average Bonchev–Trinajstić information content (AvgIpc) is 2.90. The Kier molecular flexibility index (Phi) is 10.8. The van der Waals surface area contributed by atoms with E-state index in [1.54, 1.807) is 0 Å². The van der Waals surface area contributed by atoms with Crippen molar-refractivity contribution in [2.75, 3.05) is 6.61 Å². The van der Waals surface area contributed by atoms with E-state index in [0.29, 0.717) is 0 Å². The molecule has 230 valence electrons. The highest BCUT2D eigenvalue weighted by Gasteiger charge is 2.55. The molecular formula is C30H45NO10. The van der Waals surface area contributed by atoms with Crippen molar-refractivity contribution in [2.24, 2.45) is 5.92 Å². The molecule has 4 rings (SSSR count). The van der Waals surface area contributed by atoms with E-state index in [0.717, 1.165) is 5.56 Å². The lowest BCUT2D eigenvalue weighted by Gasteiger charge is -2.51.